The van der Waals surface area contributed by atoms with Crippen LogP contribution in [0.15, 0.2) is 18.2 Å². The standard InChI is InChI=1S/C27H37NO5/c1-3-31-24(29)15-23-25-8-9-27(32-12-13-33-27)18-26(25,10-11-28(23)17-19-4-5-19)22-14-21(30-2)7-6-20(22)16-25/h6-7,14,19,23H,3-5,8-13,15-18H2,1-2H3/t23-,25+,26-/m1/s1. The molecule has 4 fully saturated rings. The second-order valence-corrected chi connectivity index (χ2v) is 10.9. The van der Waals surface area contributed by atoms with Gasteiger partial charge in [-0.1, -0.05) is 6.07 Å². The fourth-order valence-corrected chi connectivity index (χ4v) is 7.83. The molecule has 5 aliphatic rings. The number of hydrogen-bond acceptors (Lipinski definition) is 6. The van der Waals surface area contributed by atoms with Crippen molar-refractivity contribution in [1.29, 1.82) is 0 Å². The van der Waals surface area contributed by atoms with Gasteiger partial charge in [0, 0.05) is 36.3 Å². The van der Waals surface area contributed by atoms with Gasteiger partial charge < -0.3 is 18.9 Å². The predicted octanol–water partition coefficient (Wildman–Crippen LogP) is 3.84. The molecule has 0 aromatic heterocycles. The van der Waals surface area contributed by atoms with Gasteiger partial charge in [0.25, 0.3) is 0 Å². The zero-order valence-corrected chi connectivity index (χ0v) is 20.1. The van der Waals surface area contributed by atoms with Crippen LogP contribution in [0, 0.1) is 11.3 Å². The van der Waals surface area contributed by atoms with E-state index in [9.17, 15) is 4.79 Å². The van der Waals surface area contributed by atoms with E-state index in [1.54, 1.807) is 7.11 Å². The molecule has 3 atom stereocenters. The maximum atomic E-state index is 12.9. The number of fused-ring (bicyclic) bond motifs is 1. The van der Waals surface area contributed by atoms with Gasteiger partial charge in [-0.15, -0.1) is 0 Å². The summed E-state index contributed by atoms with van der Waals surface area (Å²) in [6, 6.07) is 6.80. The second-order valence-electron chi connectivity index (χ2n) is 10.9. The number of esters is 1. The van der Waals surface area contributed by atoms with Crippen LogP contribution in [0.3, 0.4) is 0 Å². The largest absolute Gasteiger partial charge is 0.497 e. The highest BCUT2D eigenvalue weighted by atomic mass is 16.7. The number of carbonyl (C=O) groups excluding carboxylic acids is 1. The third kappa shape index (κ3) is 3.35. The van der Waals surface area contributed by atoms with Crippen LogP contribution in [0.25, 0.3) is 0 Å². The fraction of sp³-hybridized carbons (Fsp3) is 0.741. The molecule has 0 radical (unpaired) electrons. The summed E-state index contributed by atoms with van der Waals surface area (Å²) >= 11 is 0. The summed E-state index contributed by atoms with van der Waals surface area (Å²) in [5, 5.41) is 0. The van der Waals surface area contributed by atoms with E-state index in [-0.39, 0.29) is 22.8 Å². The molecule has 2 aliphatic heterocycles. The summed E-state index contributed by atoms with van der Waals surface area (Å²) in [4.78, 5) is 15.6. The first-order valence-electron chi connectivity index (χ1n) is 12.9. The molecule has 0 unspecified atom stereocenters. The first kappa shape index (κ1) is 21.9. The van der Waals surface area contributed by atoms with Crippen molar-refractivity contribution in [1.82, 2.24) is 4.90 Å². The van der Waals surface area contributed by atoms with Gasteiger partial charge in [0.05, 0.1) is 33.4 Å². The molecule has 6 rings (SSSR count). The minimum absolute atomic E-state index is 0.0117. The molecule has 2 saturated heterocycles. The molecule has 2 saturated carbocycles. The Hall–Kier alpha value is -1.63. The van der Waals surface area contributed by atoms with Crippen LogP contribution in [0.1, 0.15) is 63.0 Å². The van der Waals surface area contributed by atoms with Gasteiger partial charge in [-0.3, -0.25) is 9.69 Å². The summed E-state index contributed by atoms with van der Waals surface area (Å²) in [5.74, 6) is 1.16. The number of methoxy groups -OCH3 is 1. The van der Waals surface area contributed by atoms with Gasteiger partial charge >= 0.3 is 5.97 Å². The van der Waals surface area contributed by atoms with Crippen molar-refractivity contribution in [2.24, 2.45) is 11.3 Å². The average molecular weight is 456 g/mol. The lowest BCUT2D eigenvalue weighted by atomic mass is 9.48. The van der Waals surface area contributed by atoms with Gasteiger partial charge in [-0.05, 0) is 74.8 Å². The lowest BCUT2D eigenvalue weighted by Gasteiger charge is -2.63. The van der Waals surface area contributed by atoms with Gasteiger partial charge in [0.1, 0.15) is 5.75 Å². The molecule has 1 aromatic carbocycles. The van der Waals surface area contributed by atoms with Crippen LogP contribution in [-0.4, -0.2) is 62.7 Å². The van der Waals surface area contributed by atoms with E-state index in [1.165, 1.54) is 24.0 Å². The quantitative estimate of drug-likeness (QED) is 0.608. The maximum absolute atomic E-state index is 12.9. The van der Waals surface area contributed by atoms with Gasteiger partial charge in [0.15, 0.2) is 5.79 Å². The Balaban J connectivity index is 1.46. The third-order valence-electron chi connectivity index (χ3n) is 9.39. The maximum Gasteiger partial charge on any atom is 0.307 e. The van der Waals surface area contributed by atoms with Crippen LogP contribution in [0.4, 0.5) is 0 Å². The zero-order chi connectivity index (χ0) is 22.7. The molecular formula is C27H37NO5. The Morgan fingerprint density at radius 3 is 2.73 bits per heavy atom. The van der Waals surface area contributed by atoms with Crippen molar-refractivity contribution in [3.05, 3.63) is 29.3 Å². The summed E-state index contributed by atoms with van der Waals surface area (Å²) in [6.45, 7) is 5.81. The molecule has 6 heteroatoms. The fourth-order valence-electron chi connectivity index (χ4n) is 7.83. The van der Waals surface area contributed by atoms with Crippen LogP contribution in [-0.2, 0) is 30.8 Å². The molecule has 0 N–H and O–H groups in total. The van der Waals surface area contributed by atoms with E-state index in [0.717, 1.165) is 56.9 Å². The topological polar surface area (TPSA) is 57.2 Å². The summed E-state index contributed by atoms with van der Waals surface area (Å²) < 4.78 is 23.8. The lowest BCUT2D eigenvalue weighted by molar-refractivity contribution is -0.231. The van der Waals surface area contributed by atoms with Crippen molar-refractivity contribution in [2.75, 3.05) is 40.0 Å². The number of carbonyl (C=O) groups is 1. The summed E-state index contributed by atoms with van der Waals surface area (Å²) in [6.07, 6.45) is 7.98. The zero-order valence-electron chi connectivity index (χ0n) is 20.1. The molecule has 1 aromatic rings. The smallest absolute Gasteiger partial charge is 0.307 e. The molecular weight excluding hydrogens is 418 g/mol. The van der Waals surface area contributed by atoms with E-state index < -0.39 is 5.79 Å². The lowest BCUT2D eigenvalue weighted by Crippen LogP contribution is -2.67. The number of rotatable bonds is 6. The number of hydrogen-bond donors (Lipinski definition) is 0. The van der Waals surface area contributed by atoms with Crippen LogP contribution >= 0.6 is 0 Å². The van der Waals surface area contributed by atoms with E-state index >= 15 is 0 Å². The normalized spacial score (nSPS) is 34.5. The monoisotopic (exact) mass is 455 g/mol. The summed E-state index contributed by atoms with van der Waals surface area (Å²) in [5.41, 5.74) is 2.73. The Kier molecular flexibility index (Phi) is 5.28. The third-order valence-corrected chi connectivity index (χ3v) is 9.39. The Bertz CT molecular complexity index is 923. The van der Waals surface area contributed by atoms with Crippen molar-refractivity contribution < 1.29 is 23.7 Å². The molecule has 1 spiro atoms. The minimum Gasteiger partial charge on any atom is -0.497 e. The van der Waals surface area contributed by atoms with Crippen molar-refractivity contribution >= 4 is 5.97 Å². The van der Waals surface area contributed by atoms with E-state index in [2.05, 4.69) is 23.1 Å². The van der Waals surface area contributed by atoms with Crippen LogP contribution in [0.2, 0.25) is 0 Å². The number of ether oxygens (including phenoxy) is 4. The highest BCUT2D eigenvalue weighted by molar-refractivity contribution is 5.70. The Morgan fingerprint density at radius 1 is 1.18 bits per heavy atom. The van der Waals surface area contributed by atoms with Gasteiger partial charge in [-0.25, -0.2) is 0 Å². The molecule has 33 heavy (non-hydrogen) atoms. The SMILES string of the molecule is CCOC(=O)C[C@H]1N(CC2CC2)CC[C@]23CC4(CC[C@]12Cc1ccc(OC)cc13)OCCO4. The van der Waals surface area contributed by atoms with E-state index in [4.69, 9.17) is 18.9 Å². The second kappa shape index (κ2) is 7.96. The predicted molar refractivity (Wildman–Crippen MR) is 123 cm³/mol. The molecule has 2 heterocycles. The highest BCUT2D eigenvalue weighted by Crippen LogP contribution is 2.68. The molecule has 180 valence electrons. The van der Waals surface area contributed by atoms with Crippen molar-refractivity contribution in [3.63, 3.8) is 0 Å². The van der Waals surface area contributed by atoms with Gasteiger partial charge in [-0.2, -0.15) is 0 Å². The number of nitrogens with zero attached hydrogens (tertiary/aromatic N) is 1. The molecule has 3 aliphatic carbocycles. The minimum atomic E-state index is -0.485. The number of likely N-dealkylation sites (tertiary alicyclic amines) is 1. The number of benzene rings is 1. The van der Waals surface area contributed by atoms with Crippen molar-refractivity contribution in [3.8, 4) is 5.75 Å². The van der Waals surface area contributed by atoms with Crippen LogP contribution in [0.5, 0.6) is 5.75 Å². The Labute approximate surface area is 196 Å². The van der Waals surface area contributed by atoms with Crippen LogP contribution < -0.4 is 4.74 Å². The summed E-state index contributed by atoms with van der Waals surface area (Å²) in [7, 11) is 1.74. The Morgan fingerprint density at radius 2 is 2.00 bits per heavy atom. The molecule has 0 amide bonds. The molecule has 0 bridgehead atoms. The average Bonchev–Trinajstić information content (AvgIpc) is 3.44. The van der Waals surface area contributed by atoms with Gasteiger partial charge in [0.2, 0.25) is 0 Å². The number of piperidine rings is 1. The first-order valence-corrected chi connectivity index (χ1v) is 12.9. The van der Waals surface area contributed by atoms with Crippen molar-refractivity contribution in [2.45, 2.75) is 75.5 Å². The molecule has 6 nitrogen and oxygen atoms in total. The van der Waals surface area contributed by atoms with E-state index in [0.29, 0.717) is 26.2 Å². The first-order chi connectivity index (χ1) is 16.0. The van der Waals surface area contributed by atoms with E-state index in [1.807, 2.05) is 6.92 Å². The highest BCUT2D eigenvalue weighted by Gasteiger charge is 2.69.